The maximum Gasteiger partial charge on any atom is 1.00 e. The van der Waals surface area contributed by atoms with Crippen LogP contribution in [0, 0.1) is 0 Å². The van der Waals surface area contributed by atoms with E-state index >= 15 is 0 Å². The second-order valence-corrected chi connectivity index (χ2v) is 6.07. The molecule has 1 aliphatic rings. The number of aliphatic hydroxyl groups excluding tert-OH is 1. The zero-order chi connectivity index (χ0) is 16.5. The summed E-state index contributed by atoms with van der Waals surface area (Å²) < 4.78 is 5.25. The molecule has 0 aromatic carbocycles. The van der Waals surface area contributed by atoms with Crippen LogP contribution in [0.5, 0.6) is 5.75 Å². The van der Waals surface area contributed by atoms with Crippen LogP contribution in [0.25, 0.3) is 0 Å². The van der Waals surface area contributed by atoms with Crippen molar-refractivity contribution in [3.8, 4) is 5.75 Å². The summed E-state index contributed by atoms with van der Waals surface area (Å²) in [5, 5.41) is 28.5. The van der Waals surface area contributed by atoms with E-state index in [0.717, 1.165) is 6.07 Å². The van der Waals surface area contributed by atoms with Crippen LogP contribution in [-0.2, 0) is 30.5 Å². The van der Waals surface area contributed by atoms with Crippen molar-refractivity contribution in [2.45, 2.75) is 31.4 Å². The van der Waals surface area contributed by atoms with Crippen LogP contribution >= 0.6 is 12.2 Å². The van der Waals surface area contributed by atoms with E-state index in [-0.39, 0.29) is 58.2 Å². The number of carboxylic acid groups (broad SMARTS) is 1. The number of carboxylic acids is 1. The van der Waals surface area contributed by atoms with Crippen LogP contribution < -0.4 is 35.0 Å². The second kappa shape index (κ2) is 7.91. The van der Waals surface area contributed by atoms with Crippen molar-refractivity contribution in [1.82, 2.24) is 4.90 Å². The summed E-state index contributed by atoms with van der Waals surface area (Å²) in [5.74, 6) is -2.07. The van der Waals surface area contributed by atoms with Gasteiger partial charge in [0.05, 0.1) is 0 Å². The van der Waals surface area contributed by atoms with Crippen molar-refractivity contribution in [1.29, 1.82) is 0 Å². The fourth-order valence-corrected chi connectivity index (χ4v) is 3.21. The number of rotatable bonds is 4. The van der Waals surface area contributed by atoms with E-state index in [4.69, 9.17) is 34.4 Å². The van der Waals surface area contributed by atoms with Crippen LogP contribution in [0.3, 0.4) is 0 Å². The molecule has 1 aromatic rings. The Morgan fingerprint density at radius 2 is 2.17 bits per heavy atom. The first-order chi connectivity index (χ1) is 10.3. The summed E-state index contributed by atoms with van der Waals surface area (Å²) in [7, 11) is 0. The third kappa shape index (κ3) is 3.86. The predicted octanol–water partition coefficient (Wildman–Crippen LogP) is -2.86. The number of hydrogen-bond donors (Lipinski definition) is 3. The van der Waals surface area contributed by atoms with Gasteiger partial charge in [-0.15, -0.1) is 0 Å². The molecule has 0 saturated carbocycles. The molecular weight excluding hydrogens is 353 g/mol. The number of likely N-dealkylation sites (tertiary alicyclic amines) is 1. The Kier molecular flexibility index (Phi) is 6.99. The number of aliphatic carboxylic acids is 1. The summed E-state index contributed by atoms with van der Waals surface area (Å²) in [6.45, 7) is -0.148. The molecule has 1 atom stereocenters. The molecule has 1 aromatic heterocycles. The van der Waals surface area contributed by atoms with Gasteiger partial charge in [-0.25, -0.2) is 4.79 Å². The van der Waals surface area contributed by atoms with Gasteiger partial charge < -0.3 is 49.5 Å². The van der Waals surface area contributed by atoms with Crippen LogP contribution in [-0.4, -0.2) is 42.6 Å². The quantitative estimate of drug-likeness (QED) is 0.294. The summed E-state index contributed by atoms with van der Waals surface area (Å²) in [6, 6.07) is 0.955. The van der Waals surface area contributed by atoms with Gasteiger partial charge in [0.25, 0.3) is 0 Å². The molecule has 0 aliphatic carbocycles. The minimum atomic E-state index is -1.46. The van der Waals surface area contributed by atoms with Gasteiger partial charge in [-0.3, -0.25) is 4.79 Å². The maximum absolute atomic E-state index is 11.8. The van der Waals surface area contributed by atoms with Crippen molar-refractivity contribution < 1.29 is 54.1 Å². The molecule has 10 heteroatoms. The topological polar surface area (TPSA) is 111 Å². The van der Waals surface area contributed by atoms with Gasteiger partial charge >= 0.3 is 35.5 Å². The number of carbonyl (C=O) groups is 1. The van der Waals surface area contributed by atoms with Crippen molar-refractivity contribution in [2.24, 2.45) is 0 Å². The molecule has 1 unspecified atom stereocenters. The SMILES string of the molecule is O=C(O)C1(Cc2oc(CO)cc(=O)c2O)CCCN1C(=S)[S-].[Na+]. The fraction of sp³-hybridized carbons (Fsp3) is 0.462. The third-order valence-electron chi connectivity index (χ3n) is 3.76. The zero-order valence-corrected chi connectivity index (χ0v) is 16.1. The Morgan fingerprint density at radius 1 is 1.52 bits per heavy atom. The number of thiocarbonyl (C=S) groups is 1. The molecular formula is C13H14NNaO6S2. The van der Waals surface area contributed by atoms with E-state index in [2.05, 4.69) is 0 Å². The van der Waals surface area contributed by atoms with E-state index in [0.29, 0.717) is 13.0 Å². The second-order valence-electron chi connectivity index (χ2n) is 5.04. The smallest absolute Gasteiger partial charge is 0.502 e. The number of hydrogen-bond acceptors (Lipinski definition) is 7. The Labute approximate surface area is 165 Å². The summed E-state index contributed by atoms with van der Waals surface area (Å²) in [4.78, 5) is 24.8. The molecule has 23 heavy (non-hydrogen) atoms. The molecule has 7 nitrogen and oxygen atoms in total. The van der Waals surface area contributed by atoms with E-state index in [1.54, 1.807) is 0 Å². The van der Waals surface area contributed by atoms with E-state index in [1.807, 2.05) is 0 Å². The molecule has 1 saturated heterocycles. The molecule has 0 radical (unpaired) electrons. The standard InChI is InChI=1S/C13H15NO6S2.Na/c15-6-7-4-8(16)10(17)9(20-7)5-13(11(18)19)2-1-3-14(13)12(21)22;/h4,15,17H,1-3,5-6H2,(H,18,19)(H,21,22);/q;+1/p-1. The van der Waals surface area contributed by atoms with Gasteiger partial charge in [-0.2, -0.15) is 0 Å². The van der Waals surface area contributed by atoms with Crippen molar-refractivity contribution >= 4 is 35.1 Å². The Morgan fingerprint density at radius 3 is 2.70 bits per heavy atom. The predicted molar refractivity (Wildman–Crippen MR) is 82.5 cm³/mol. The molecule has 3 N–H and O–H groups in total. The molecule has 0 spiro atoms. The minimum absolute atomic E-state index is 0. The van der Waals surface area contributed by atoms with E-state index in [9.17, 15) is 19.8 Å². The molecule has 1 aliphatic heterocycles. The summed E-state index contributed by atoms with van der Waals surface area (Å²) in [6.07, 6.45) is 0.549. The van der Waals surface area contributed by atoms with Gasteiger partial charge in [-0.05, 0) is 12.8 Å². The fourth-order valence-electron chi connectivity index (χ4n) is 2.68. The molecule has 0 amide bonds. The number of aromatic hydroxyl groups is 1. The van der Waals surface area contributed by atoms with Crippen molar-refractivity contribution in [2.75, 3.05) is 6.54 Å². The summed E-state index contributed by atoms with van der Waals surface area (Å²) >= 11 is 9.86. The molecule has 2 rings (SSSR count). The van der Waals surface area contributed by atoms with Crippen LogP contribution in [0.4, 0.5) is 0 Å². The van der Waals surface area contributed by atoms with Gasteiger partial charge in [0.1, 0.15) is 17.9 Å². The van der Waals surface area contributed by atoms with Crippen molar-refractivity contribution in [3.05, 3.63) is 27.8 Å². The van der Waals surface area contributed by atoms with Crippen molar-refractivity contribution in [3.63, 3.8) is 0 Å². The Balaban J connectivity index is 0.00000264. The summed E-state index contributed by atoms with van der Waals surface area (Å²) in [5.41, 5.74) is -2.20. The van der Waals surface area contributed by atoms with Crippen LogP contribution in [0.15, 0.2) is 15.3 Å². The first-order valence-corrected chi connectivity index (χ1v) is 7.31. The normalized spacial score (nSPS) is 20.1. The van der Waals surface area contributed by atoms with E-state index < -0.39 is 29.3 Å². The van der Waals surface area contributed by atoms with Gasteiger partial charge in [-0.1, -0.05) is 4.32 Å². The number of aliphatic hydroxyl groups is 1. The van der Waals surface area contributed by atoms with Gasteiger partial charge in [0, 0.05) is 19.0 Å². The van der Waals surface area contributed by atoms with E-state index in [1.165, 1.54) is 4.90 Å². The van der Waals surface area contributed by atoms with Crippen LogP contribution in [0.1, 0.15) is 24.4 Å². The maximum atomic E-state index is 11.8. The Hall–Kier alpha value is -0.710. The zero-order valence-electron chi connectivity index (χ0n) is 12.4. The average molecular weight is 367 g/mol. The largest absolute Gasteiger partial charge is 1.00 e. The van der Waals surface area contributed by atoms with Crippen LogP contribution in [0.2, 0.25) is 0 Å². The first kappa shape index (κ1) is 20.3. The molecule has 1 fully saturated rings. The molecule has 0 bridgehead atoms. The third-order valence-corrected chi connectivity index (χ3v) is 4.20. The van der Waals surface area contributed by atoms with Gasteiger partial charge in [0.2, 0.25) is 11.2 Å². The Bertz CT molecular complexity index is 679. The average Bonchev–Trinajstić information content (AvgIpc) is 2.88. The number of nitrogens with zero attached hydrogens (tertiary/aromatic N) is 1. The monoisotopic (exact) mass is 367 g/mol. The van der Waals surface area contributed by atoms with Gasteiger partial charge in [0.15, 0.2) is 5.76 Å². The first-order valence-electron chi connectivity index (χ1n) is 6.49. The molecule has 120 valence electrons. The minimum Gasteiger partial charge on any atom is -0.502 e. The molecule has 2 heterocycles.